The van der Waals surface area contributed by atoms with Crippen LogP contribution in [0.2, 0.25) is 0 Å². The van der Waals surface area contributed by atoms with Gasteiger partial charge in [0.05, 0.1) is 0 Å². The summed E-state index contributed by atoms with van der Waals surface area (Å²) in [7, 11) is 0. The summed E-state index contributed by atoms with van der Waals surface area (Å²) in [5, 5.41) is 0.491. The average molecular weight is 359 g/mol. The van der Waals surface area contributed by atoms with Gasteiger partial charge in [-0.2, -0.15) is 0 Å². The Labute approximate surface area is 151 Å². The fraction of sp³-hybridized carbons (Fsp3) is 0.895. The van der Waals surface area contributed by atoms with Gasteiger partial charge < -0.3 is 0 Å². The van der Waals surface area contributed by atoms with E-state index in [2.05, 4.69) is 6.92 Å². The summed E-state index contributed by atoms with van der Waals surface area (Å²) in [6, 6.07) is 0. The second-order valence-electron chi connectivity index (χ2n) is 6.95. The summed E-state index contributed by atoms with van der Waals surface area (Å²) in [5.74, 6) is 4.58. The van der Waals surface area contributed by atoms with Crippen molar-refractivity contribution in [1.29, 1.82) is 0 Å². The third kappa shape index (κ3) is 9.81. The minimum atomic E-state index is 0.245. The van der Waals surface area contributed by atoms with E-state index in [4.69, 9.17) is 0 Å². The van der Waals surface area contributed by atoms with Crippen LogP contribution in [0.4, 0.5) is 0 Å². The van der Waals surface area contributed by atoms with Crippen molar-refractivity contribution in [2.24, 2.45) is 17.8 Å². The molecule has 0 N–H and O–H groups in total. The maximum Gasteiger partial charge on any atom is 0.185 e. The molecule has 0 bridgehead atoms. The lowest BCUT2D eigenvalue weighted by Gasteiger charge is -2.36. The first kappa shape index (κ1) is 21.1. The third-order valence-corrected chi connectivity index (χ3v) is 6.79. The quantitative estimate of drug-likeness (QED) is 0.453. The van der Waals surface area contributed by atoms with E-state index in [1.54, 1.807) is 13.8 Å². The molecule has 23 heavy (non-hydrogen) atoms. The Bertz CT molecular complexity index is 357. The fourth-order valence-corrected chi connectivity index (χ4v) is 5.15. The first-order valence-corrected chi connectivity index (χ1v) is 11.3. The van der Waals surface area contributed by atoms with Crippen molar-refractivity contribution in [2.45, 2.75) is 78.6 Å². The first-order valence-electron chi connectivity index (χ1n) is 9.29. The number of thioether (sulfide) groups is 2. The molecule has 1 aliphatic rings. The second kappa shape index (κ2) is 12.4. The van der Waals surface area contributed by atoms with Gasteiger partial charge in [-0.15, -0.1) is 0 Å². The van der Waals surface area contributed by atoms with Gasteiger partial charge in [-0.3, -0.25) is 9.59 Å². The molecule has 0 aromatic heterocycles. The maximum atomic E-state index is 11.1. The zero-order valence-electron chi connectivity index (χ0n) is 15.1. The molecule has 0 aromatic rings. The Morgan fingerprint density at radius 1 is 0.870 bits per heavy atom. The van der Waals surface area contributed by atoms with Gasteiger partial charge in [-0.05, 0) is 56.3 Å². The first-order chi connectivity index (χ1) is 11.0. The summed E-state index contributed by atoms with van der Waals surface area (Å²) < 4.78 is 0. The van der Waals surface area contributed by atoms with E-state index in [1.165, 1.54) is 81.3 Å². The Balaban J connectivity index is 2.38. The van der Waals surface area contributed by atoms with E-state index < -0.39 is 0 Å². The van der Waals surface area contributed by atoms with Crippen LogP contribution in [0.25, 0.3) is 0 Å². The number of carbonyl (C=O) groups is 2. The zero-order chi connectivity index (χ0) is 17.1. The van der Waals surface area contributed by atoms with Crippen LogP contribution in [-0.2, 0) is 9.59 Å². The molecule has 0 saturated heterocycles. The molecule has 1 fully saturated rings. The van der Waals surface area contributed by atoms with Crippen LogP contribution in [0.15, 0.2) is 0 Å². The van der Waals surface area contributed by atoms with Crippen molar-refractivity contribution in [1.82, 2.24) is 0 Å². The highest BCUT2D eigenvalue weighted by Crippen LogP contribution is 2.41. The van der Waals surface area contributed by atoms with Crippen LogP contribution >= 0.6 is 23.5 Å². The molecule has 3 atom stereocenters. The molecular weight excluding hydrogens is 324 g/mol. The lowest BCUT2D eigenvalue weighted by molar-refractivity contribution is -0.109. The normalized spacial score (nSPS) is 24.6. The lowest BCUT2D eigenvalue weighted by Crippen LogP contribution is -2.25. The highest BCUT2D eigenvalue weighted by molar-refractivity contribution is 8.13. The van der Waals surface area contributed by atoms with E-state index in [0.29, 0.717) is 0 Å². The van der Waals surface area contributed by atoms with Crippen LogP contribution in [0.3, 0.4) is 0 Å². The van der Waals surface area contributed by atoms with Gasteiger partial charge in [-0.1, -0.05) is 49.7 Å². The molecule has 0 radical (unpaired) electrons. The summed E-state index contributed by atoms with van der Waals surface area (Å²) in [6.45, 7) is 5.62. The van der Waals surface area contributed by atoms with Crippen molar-refractivity contribution < 1.29 is 9.59 Å². The molecule has 2 nitrogen and oxygen atoms in total. The minimum Gasteiger partial charge on any atom is -0.288 e. The fourth-order valence-electron chi connectivity index (χ4n) is 3.95. The molecular formula is C19H34O2S2. The SMILES string of the molecule is CCCC1CCC(CCCSC(C)=O)[C@@H](CCCSC(C)=O)C1. The van der Waals surface area contributed by atoms with E-state index in [0.717, 1.165) is 29.3 Å². The predicted molar refractivity (Wildman–Crippen MR) is 104 cm³/mol. The summed E-state index contributed by atoms with van der Waals surface area (Å²) in [6.07, 6.45) is 11.8. The van der Waals surface area contributed by atoms with Gasteiger partial charge >= 0.3 is 0 Å². The Kier molecular flexibility index (Phi) is 11.4. The molecule has 134 valence electrons. The molecule has 1 rings (SSSR count). The van der Waals surface area contributed by atoms with Crippen LogP contribution in [-0.4, -0.2) is 21.7 Å². The van der Waals surface area contributed by atoms with Crippen LogP contribution in [0, 0.1) is 17.8 Å². The molecule has 2 unspecified atom stereocenters. The van der Waals surface area contributed by atoms with Gasteiger partial charge in [0, 0.05) is 25.4 Å². The molecule has 0 heterocycles. The van der Waals surface area contributed by atoms with Crippen molar-refractivity contribution in [2.75, 3.05) is 11.5 Å². The molecule has 1 saturated carbocycles. The van der Waals surface area contributed by atoms with Crippen LogP contribution < -0.4 is 0 Å². The molecule has 0 aliphatic heterocycles. The lowest BCUT2D eigenvalue weighted by atomic mass is 9.70. The summed E-state index contributed by atoms with van der Waals surface area (Å²) >= 11 is 2.95. The van der Waals surface area contributed by atoms with Crippen molar-refractivity contribution in [3.05, 3.63) is 0 Å². The molecule has 0 spiro atoms. The highest BCUT2D eigenvalue weighted by Gasteiger charge is 2.29. The van der Waals surface area contributed by atoms with Crippen molar-refractivity contribution in [3.63, 3.8) is 0 Å². The van der Waals surface area contributed by atoms with E-state index in [9.17, 15) is 9.59 Å². The smallest absolute Gasteiger partial charge is 0.185 e. The zero-order valence-corrected chi connectivity index (χ0v) is 16.8. The van der Waals surface area contributed by atoms with Crippen LogP contribution in [0.5, 0.6) is 0 Å². The number of rotatable bonds is 10. The maximum absolute atomic E-state index is 11.1. The average Bonchev–Trinajstić information content (AvgIpc) is 2.49. The van der Waals surface area contributed by atoms with Gasteiger partial charge in [0.15, 0.2) is 10.2 Å². The number of hydrogen-bond acceptors (Lipinski definition) is 4. The van der Waals surface area contributed by atoms with Crippen LogP contribution in [0.1, 0.15) is 78.6 Å². The molecule has 0 amide bonds. The van der Waals surface area contributed by atoms with Gasteiger partial charge in [-0.25, -0.2) is 0 Å². The van der Waals surface area contributed by atoms with E-state index >= 15 is 0 Å². The van der Waals surface area contributed by atoms with Gasteiger partial charge in [0.2, 0.25) is 0 Å². The van der Waals surface area contributed by atoms with Crippen molar-refractivity contribution >= 4 is 33.8 Å². The topological polar surface area (TPSA) is 34.1 Å². The monoisotopic (exact) mass is 358 g/mol. The minimum absolute atomic E-state index is 0.245. The summed E-state index contributed by atoms with van der Waals surface area (Å²) in [4.78, 5) is 22.1. The third-order valence-electron chi connectivity index (χ3n) is 4.99. The van der Waals surface area contributed by atoms with Gasteiger partial charge in [0.25, 0.3) is 0 Å². The van der Waals surface area contributed by atoms with Crippen molar-refractivity contribution in [3.8, 4) is 0 Å². The van der Waals surface area contributed by atoms with Gasteiger partial charge in [0.1, 0.15) is 0 Å². The van der Waals surface area contributed by atoms with E-state index in [1.807, 2.05) is 0 Å². The summed E-state index contributed by atoms with van der Waals surface area (Å²) in [5.41, 5.74) is 0. The largest absolute Gasteiger partial charge is 0.288 e. The number of hydrogen-bond donors (Lipinski definition) is 0. The second-order valence-corrected chi connectivity index (χ2v) is 9.50. The highest BCUT2D eigenvalue weighted by atomic mass is 32.2. The predicted octanol–water partition coefficient (Wildman–Crippen LogP) is 5.94. The number of carbonyl (C=O) groups excluding carboxylic acids is 2. The Morgan fingerprint density at radius 2 is 1.43 bits per heavy atom. The molecule has 0 aromatic carbocycles. The molecule has 4 heteroatoms. The Hall–Kier alpha value is 0.0400. The molecule has 1 aliphatic carbocycles. The van der Waals surface area contributed by atoms with E-state index in [-0.39, 0.29) is 10.2 Å². The Morgan fingerprint density at radius 3 is 1.96 bits per heavy atom. The standard InChI is InChI=1S/C19H34O2S2/c1-4-7-17-10-11-18(8-5-12-22-15(2)20)19(14-17)9-6-13-23-16(3)21/h17-19H,4-14H2,1-3H3/t17?,18?,19-/m0/s1.